The molecule has 1 aromatic carbocycles. The molecule has 6 heteroatoms. The first kappa shape index (κ1) is 17.8. The second-order valence-corrected chi connectivity index (χ2v) is 5.62. The third-order valence-corrected chi connectivity index (χ3v) is 3.76. The lowest BCUT2D eigenvalue weighted by atomic mass is 10.2. The smallest absolute Gasteiger partial charge is 0.239 e. The summed E-state index contributed by atoms with van der Waals surface area (Å²) in [5.74, 6) is 0.637. The number of nitrogens with zero attached hydrogens (tertiary/aromatic N) is 2. The molecular formula is C18H27N5O. The summed E-state index contributed by atoms with van der Waals surface area (Å²) in [5.41, 5.74) is 1.26. The summed E-state index contributed by atoms with van der Waals surface area (Å²) >= 11 is 0. The Morgan fingerprint density at radius 1 is 1.12 bits per heavy atom. The van der Waals surface area contributed by atoms with E-state index in [4.69, 9.17) is 0 Å². The number of nitrogens with one attached hydrogen (secondary N) is 3. The van der Waals surface area contributed by atoms with Crippen LogP contribution in [0.5, 0.6) is 0 Å². The van der Waals surface area contributed by atoms with Crippen LogP contribution in [0.2, 0.25) is 0 Å². The fraction of sp³-hybridized carbons (Fsp3) is 0.444. The number of carbonyl (C=O) groups excluding carboxylic acids is 1. The Kier molecular flexibility index (Phi) is 7.14. The van der Waals surface area contributed by atoms with Gasteiger partial charge in [-0.2, -0.15) is 0 Å². The van der Waals surface area contributed by atoms with Crippen molar-refractivity contribution in [2.45, 2.75) is 26.3 Å². The zero-order chi connectivity index (χ0) is 17.2. The average molecular weight is 329 g/mol. The van der Waals surface area contributed by atoms with Crippen molar-refractivity contribution in [1.29, 1.82) is 0 Å². The summed E-state index contributed by atoms with van der Waals surface area (Å²) in [6, 6.07) is 10.5. The number of hydrogen-bond acceptors (Lipinski definition) is 2. The van der Waals surface area contributed by atoms with E-state index in [-0.39, 0.29) is 12.5 Å². The predicted molar refractivity (Wildman–Crippen MR) is 99.2 cm³/mol. The van der Waals surface area contributed by atoms with Crippen LogP contribution >= 0.6 is 0 Å². The van der Waals surface area contributed by atoms with Crippen LogP contribution in [0, 0.1) is 0 Å². The molecule has 0 spiro atoms. The lowest BCUT2D eigenvalue weighted by Gasteiger charge is -2.12. The second kappa shape index (κ2) is 9.60. The minimum absolute atomic E-state index is 0.0152. The zero-order valence-electron chi connectivity index (χ0n) is 14.5. The number of aryl methyl sites for hydroxylation is 1. The third-order valence-electron chi connectivity index (χ3n) is 3.76. The van der Waals surface area contributed by atoms with E-state index in [1.807, 2.05) is 6.92 Å². The topological polar surface area (TPSA) is 70.4 Å². The van der Waals surface area contributed by atoms with Crippen LogP contribution < -0.4 is 16.0 Å². The summed E-state index contributed by atoms with van der Waals surface area (Å²) in [6.45, 7) is 4.71. The third kappa shape index (κ3) is 5.30. The summed E-state index contributed by atoms with van der Waals surface area (Å²) in [4.78, 5) is 15.7. The molecule has 0 saturated carbocycles. The molecule has 0 fully saturated rings. The van der Waals surface area contributed by atoms with Gasteiger partial charge in [0.25, 0.3) is 0 Å². The van der Waals surface area contributed by atoms with Crippen LogP contribution in [-0.2, 0) is 11.3 Å². The van der Waals surface area contributed by atoms with Gasteiger partial charge < -0.3 is 20.5 Å². The molecule has 6 nitrogen and oxygen atoms in total. The Balaban J connectivity index is 1.69. The van der Waals surface area contributed by atoms with Crippen molar-refractivity contribution in [3.05, 3.63) is 36.5 Å². The van der Waals surface area contributed by atoms with Crippen molar-refractivity contribution in [3.63, 3.8) is 0 Å². The minimum Gasteiger partial charge on any atom is -0.356 e. The zero-order valence-corrected chi connectivity index (χ0v) is 14.5. The maximum atomic E-state index is 11.6. The van der Waals surface area contributed by atoms with E-state index in [2.05, 4.69) is 62.0 Å². The van der Waals surface area contributed by atoms with Crippen molar-refractivity contribution in [1.82, 2.24) is 20.5 Å². The Hall–Kier alpha value is -2.50. The number of aromatic nitrogens is 1. The van der Waals surface area contributed by atoms with Gasteiger partial charge in [0.2, 0.25) is 5.91 Å². The van der Waals surface area contributed by atoms with E-state index in [0.29, 0.717) is 12.5 Å². The molecule has 0 aliphatic carbocycles. The Morgan fingerprint density at radius 2 is 1.96 bits per heavy atom. The molecule has 2 rings (SSSR count). The largest absolute Gasteiger partial charge is 0.356 e. The lowest BCUT2D eigenvalue weighted by molar-refractivity contribution is -0.120. The number of guanidine groups is 1. The molecule has 1 heterocycles. The van der Waals surface area contributed by atoms with Crippen LogP contribution in [0.15, 0.2) is 41.5 Å². The number of rotatable bonds is 8. The van der Waals surface area contributed by atoms with Gasteiger partial charge >= 0.3 is 0 Å². The first-order valence-corrected chi connectivity index (χ1v) is 8.49. The molecule has 0 unspecified atom stereocenters. The van der Waals surface area contributed by atoms with Crippen molar-refractivity contribution in [3.8, 4) is 0 Å². The van der Waals surface area contributed by atoms with E-state index in [9.17, 15) is 4.79 Å². The van der Waals surface area contributed by atoms with E-state index in [1.54, 1.807) is 7.05 Å². The van der Waals surface area contributed by atoms with Crippen LogP contribution in [0.1, 0.15) is 19.8 Å². The monoisotopic (exact) mass is 329 g/mol. The predicted octanol–water partition coefficient (Wildman–Crippen LogP) is 1.72. The van der Waals surface area contributed by atoms with Crippen molar-refractivity contribution >= 4 is 22.8 Å². The molecule has 1 amide bonds. The van der Waals surface area contributed by atoms with Crippen molar-refractivity contribution in [2.75, 3.05) is 26.7 Å². The SMILES string of the molecule is CCCNC(=O)CNC(=NC)NCCCn1ccc2ccccc21. The van der Waals surface area contributed by atoms with Gasteiger partial charge in [-0.1, -0.05) is 25.1 Å². The number of hydrogen-bond donors (Lipinski definition) is 3. The second-order valence-electron chi connectivity index (χ2n) is 5.62. The highest BCUT2D eigenvalue weighted by Gasteiger charge is 2.03. The van der Waals surface area contributed by atoms with Gasteiger partial charge in [0.1, 0.15) is 0 Å². The van der Waals surface area contributed by atoms with Gasteiger partial charge in [-0.15, -0.1) is 0 Å². The van der Waals surface area contributed by atoms with E-state index in [1.165, 1.54) is 10.9 Å². The van der Waals surface area contributed by atoms with Crippen LogP contribution in [0.3, 0.4) is 0 Å². The number of aliphatic imine (C=N–C) groups is 1. The molecule has 0 aliphatic heterocycles. The number of carbonyl (C=O) groups is 1. The van der Waals surface area contributed by atoms with E-state index in [0.717, 1.165) is 25.9 Å². The van der Waals surface area contributed by atoms with Gasteiger partial charge in [0.05, 0.1) is 6.54 Å². The highest BCUT2D eigenvalue weighted by atomic mass is 16.1. The number of para-hydroxylation sites is 1. The number of benzene rings is 1. The Labute approximate surface area is 143 Å². The average Bonchev–Trinajstić information content (AvgIpc) is 3.02. The molecule has 3 N–H and O–H groups in total. The van der Waals surface area contributed by atoms with Crippen molar-refractivity contribution < 1.29 is 4.79 Å². The van der Waals surface area contributed by atoms with Gasteiger partial charge in [0, 0.05) is 38.4 Å². The summed E-state index contributed by atoms with van der Waals surface area (Å²) in [6.07, 6.45) is 4.03. The summed E-state index contributed by atoms with van der Waals surface area (Å²) in [5, 5.41) is 10.4. The van der Waals surface area contributed by atoms with Gasteiger partial charge in [0.15, 0.2) is 5.96 Å². The molecule has 24 heavy (non-hydrogen) atoms. The fourth-order valence-electron chi connectivity index (χ4n) is 2.50. The molecule has 0 aliphatic rings. The maximum Gasteiger partial charge on any atom is 0.239 e. The molecule has 0 saturated heterocycles. The van der Waals surface area contributed by atoms with E-state index < -0.39 is 0 Å². The molecule has 130 valence electrons. The minimum atomic E-state index is -0.0152. The highest BCUT2D eigenvalue weighted by Crippen LogP contribution is 2.15. The molecular weight excluding hydrogens is 302 g/mol. The summed E-state index contributed by atoms with van der Waals surface area (Å²) < 4.78 is 2.26. The Bertz CT molecular complexity index is 677. The number of fused-ring (bicyclic) bond motifs is 1. The van der Waals surface area contributed by atoms with Crippen LogP contribution in [-0.4, -0.2) is 43.1 Å². The lowest BCUT2D eigenvalue weighted by Crippen LogP contribution is -2.43. The van der Waals surface area contributed by atoms with Crippen molar-refractivity contribution in [2.24, 2.45) is 4.99 Å². The maximum absolute atomic E-state index is 11.6. The van der Waals surface area contributed by atoms with Gasteiger partial charge in [-0.3, -0.25) is 9.79 Å². The van der Waals surface area contributed by atoms with Crippen LogP contribution in [0.4, 0.5) is 0 Å². The first-order valence-electron chi connectivity index (χ1n) is 8.49. The standard InChI is InChI=1S/C18H27N5O/c1-3-10-20-17(24)14-22-18(19-2)21-11-6-12-23-13-9-15-7-4-5-8-16(15)23/h4-5,7-9,13H,3,6,10-12,14H2,1-2H3,(H,20,24)(H2,19,21,22). The molecule has 0 atom stereocenters. The summed E-state index contributed by atoms with van der Waals surface area (Å²) in [7, 11) is 1.71. The molecule has 1 aromatic heterocycles. The van der Waals surface area contributed by atoms with Gasteiger partial charge in [-0.05, 0) is 30.4 Å². The highest BCUT2D eigenvalue weighted by molar-refractivity contribution is 5.86. The normalized spacial score (nSPS) is 11.5. The quantitative estimate of drug-likeness (QED) is 0.392. The van der Waals surface area contributed by atoms with Gasteiger partial charge in [-0.25, -0.2) is 0 Å². The number of amides is 1. The Morgan fingerprint density at radius 3 is 2.75 bits per heavy atom. The van der Waals surface area contributed by atoms with E-state index >= 15 is 0 Å². The molecule has 0 radical (unpaired) electrons. The molecule has 0 bridgehead atoms. The first-order chi connectivity index (χ1) is 11.7. The molecule has 2 aromatic rings. The fourth-order valence-corrected chi connectivity index (χ4v) is 2.50. The van der Waals surface area contributed by atoms with Crippen LogP contribution in [0.25, 0.3) is 10.9 Å².